The van der Waals surface area contributed by atoms with Crippen molar-refractivity contribution in [3.05, 3.63) is 121 Å². The average Bonchev–Trinajstić information content (AvgIpc) is 3.02. The monoisotopic (exact) mass is 572 g/mol. The minimum atomic E-state index is -0.490. The fourth-order valence-electron chi connectivity index (χ4n) is 4.90. The molecule has 0 aliphatic rings. The van der Waals surface area contributed by atoms with E-state index in [9.17, 15) is 9.59 Å². The van der Waals surface area contributed by atoms with Gasteiger partial charge in [0.25, 0.3) is 0 Å². The van der Waals surface area contributed by atoms with Crippen molar-refractivity contribution >= 4 is 33.5 Å². The first-order valence-corrected chi connectivity index (χ1v) is 13.9. The molecular weight excluding hydrogens is 540 g/mol. The largest absolute Gasteiger partial charge is 0.490 e. The van der Waals surface area contributed by atoms with E-state index in [0.717, 1.165) is 43.8 Å². The fourth-order valence-corrected chi connectivity index (χ4v) is 4.90. The molecule has 5 aromatic carbocycles. The van der Waals surface area contributed by atoms with Gasteiger partial charge in [-0.1, -0.05) is 86.0 Å². The molecule has 6 heteroatoms. The van der Waals surface area contributed by atoms with Crippen LogP contribution >= 0.6 is 0 Å². The highest BCUT2D eigenvalue weighted by molar-refractivity contribution is 6.21. The van der Waals surface area contributed by atoms with Crippen LogP contribution in [0.5, 0.6) is 11.5 Å². The molecular formula is C37H32O6. The van der Waals surface area contributed by atoms with Crippen LogP contribution in [-0.2, 0) is 19.1 Å². The van der Waals surface area contributed by atoms with Crippen molar-refractivity contribution in [2.24, 2.45) is 0 Å². The Labute approximate surface area is 250 Å². The Morgan fingerprint density at radius 1 is 0.558 bits per heavy atom. The Balaban J connectivity index is 1.49. The van der Waals surface area contributed by atoms with Gasteiger partial charge in [0, 0.05) is 11.1 Å². The van der Waals surface area contributed by atoms with Crippen molar-refractivity contribution in [2.75, 3.05) is 20.0 Å². The molecule has 0 aliphatic carbocycles. The van der Waals surface area contributed by atoms with E-state index in [4.69, 9.17) is 18.9 Å². The maximum Gasteiger partial charge on any atom is 0.335 e. The van der Waals surface area contributed by atoms with Crippen molar-refractivity contribution in [1.82, 2.24) is 0 Å². The molecule has 0 unspecified atom stereocenters. The van der Waals surface area contributed by atoms with Gasteiger partial charge in [-0.15, -0.1) is 0 Å². The fraction of sp³-hybridized carbons (Fsp3) is 0.135. The minimum Gasteiger partial charge on any atom is -0.490 e. The van der Waals surface area contributed by atoms with E-state index >= 15 is 0 Å². The van der Waals surface area contributed by atoms with Gasteiger partial charge in [-0.25, -0.2) is 9.59 Å². The van der Waals surface area contributed by atoms with Gasteiger partial charge in [0.05, 0.1) is 0 Å². The summed E-state index contributed by atoms with van der Waals surface area (Å²) in [6.07, 6.45) is 0. The summed E-state index contributed by atoms with van der Waals surface area (Å²) >= 11 is 0. The summed E-state index contributed by atoms with van der Waals surface area (Å²) in [4.78, 5) is 23.3. The highest BCUT2D eigenvalue weighted by Crippen LogP contribution is 2.44. The van der Waals surface area contributed by atoms with E-state index < -0.39 is 11.9 Å². The molecule has 5 rings (SSSR count). The predicted octanol–water partition coefficient (Wildman–Crippen LogP) is 8.28. The van der Waals surface area contributed by atoms with E-state index in [0.29, 0.717) is 22.6 Å². The lowest BCUT2D eigenvalue weighted by Crippen LogP contribution is -2.12. The molecule has 5 aromatic rings. The van der Waals surface area contributed by atoms with Crippen molar-refractivity contribution in [3.63, 3.8) is 0 Å². The Morgan fingerprint density at radius 2 is 1.09 bits per heavy atom. The SMILES string of the molecule is C=C(C)C(=O)OCCOc1cccc(-c2c3ccccc3c(-c3ccc(OCOC(=O)C(=C)C)cc3)c3ccccc23)c1. The number of esters is 2. The summed E-state index contributed by atoms with van der Waals surface area (Å²) in [6.45, 7) is 10.6. The molecule has 0 aliphatic heterocycles. The topological polar surface area (TPSA) is 71.1 Å². The molecule has 0 atom stereocenters. The normalized spacial score (nSPS) is 10.7. The molecule has 216 valence electrons. The second-order valence-electron chi connectivity index (χ2n) is 10.1. The summed E-state index contributed by atoms with van der Waals surface area (Å²) < 4.78 is 21.8. The molecule has 0 bridgehead atoms. The van der Waals surface area contributed by atoms with E-state index in [-0.39, 0.29) is 20.0 Å². The van der Waals surface area contributed by atoms with Crippen LogP contribution in [0.15, 0.2) is 121 Å². The number of ether oxygens (including phenoxy) is 4. The number of carbonyl (C=O) groups excluding carboxylic acids is 2. The third kappa shape index (κ3) is 6.60. The maximum atomic E-state index is 11.7. The third-order valence-electron chi connectivity index (χ3n) is 6.89. The summed E-state index contributed by atoms with van der Waals surface area (Å²) in [6, 6.07) is 32.5. The zero-order valence-electron chi connectivity index (χ0n) is 24.2. The van der Waals surface area contributed by atoms with Crippen LogP contribution in [0.2, 0.25) is 0 Å². The average molecular weight is 573 g/mol. The Hall–Kier alpha value is -5.36. The summed E-state index contributed by atoms with van der Waals surface area (Å²) in [5.74, 6) is 0.359. The molecule has 0 fully saturated rings. The van der Waals surface area contributed by atoms with E-state index in [2.05, 4.69) is 43.5 Å². The van der Waals surface area contributed by atoms with Gasteiger partial charge < -0.3 is 18.9 Å². The molecule has 0 aromatic heterocycles. The lowest BCUT2D eigenvalue weighted by Gasteiger charge is -2.18. The molecule has 43 heavy (non-hydrogen) atoms. The van der Waals surface area contributed by atoms with Gasteiger partial charge in [0.2, 0.25) is 6.79 Å². The highest BCUT2D eigenvalue weighted by Gasteiger charge is 2.17. The van der Waals surface area contributed by atoms with Gasteiger partial charge >= 0.3 is 11.9 Å². The first-order valence-electron chi connectivity index (χ1n) is 13.9. The standard InChI is InChI=1S/C37H32O6/c1-24(2)36(38)41-21-20-40-29-11-9-10-27(22-29)35-32-14-7-5-12-30(32)34(31-13-6-8-15-33(31)35)26-16-18-28(19-17-26)42-23-43-37(39)25(3)4/h5-19,22H,1,3,20-21,23H2,2,4H3. The quantitative estimate of drug-likeness (QED) is 0.0522. The second kappa shape index (κ2) is 13.1. The summed E-state index contributed by atoms with van der Waals surface area (Å²) in [5, 5.41) is 4.43. The predicted molar refractivity (Wildman–Crippen MR) is 170 cm³/mol. The number of carbonyl (C=O) groups is 2. The van der Waals surface area contributed by atoms with Crippen LogP contribution in [0.3, 0.4) is 0 Å². The van der Waals surface area contributed by atoms with Crippen LogP contribution in [0, 0.1) is 0 Å². The molecule has 0 saturated carbocycles. The van der Waals surface area contributed by atoms with Crippen LogP contribution in [0.4, 0.5) is 0 Å². The molecule has 0 saturated heterocycles. The first kappa shape index (κ1) is 29.1. The molecule has 0 N–H and O–H groups in total. The highest BCUT2D eigenvalue weighted by atomic mass is 16.7. The van der Waals surface area contributed by atoms with Gasteiger partial charge in [-0.05, 0) is 81.9 Å². The molecule has 6 nitrogen and oxygen atoms in total. The van der Waals surface area contributed by atoms with Crippen molar-refractivity contribution < 1.29 is 28.5 Å². The minimum absolute atomic E-state index is 0.139. The number of benzene rings is 5. The molecule has 0 heterocycles. The number of fused-ring (bicyclic) bond motifs is 2. The Morgan fingerprint density at radius 3 is 1.65 bits per heavy atom. The Kier molecular flexibility index (Phi) is 8.87. The molecule has 0 spiro atoms. The zero-order chi connectivity index (χ0) is 30.3. The van der Waals surface area contributed by atoms with Gasteiger partial charge in [-0.2, -0.15) is 0 Å². The van der Waals surface area contributed by atoms with Gasteiger partial charge in [-0.3, -0.25) is 0 Å². The third-order valence-corrected chi connectivity index (χ3v) is 6.89. The van der Waals surface area contributed by atoms with Crippen LogP contribution in [-0.4, -0.2) is 31.9 Å². The van der Waals surface area contributed by atoms with E-state index in [1.54, 1.807) is 13.8 Å². The smallest absolute Gasteiger partial charge is 0.335 e. The van der Waals surface area contributed by atoms with Crippen LogP contribution in [0.25, 0.3) is 43.8 Å². The van der Waals surface area contributed by atoms with Crippen molar-refractivity contribution in [3.8, 4) is 33.8 Å². The lowest BCUT2D eigenvalue weighted by molar-refractivity contribution is -0.145. The number of rotatable bonds is 11. The van der Waals surface area contributed by atoms with Crippen molar-refractivity contribution in [1.29, 1.82) is 0 Å². The molecule has 0 radical (unpaired) electrons. The summed E-state index contributed by atoms with van der Waals surface area (Å²) in [7, 11) is 0. The Bertz CT molecular complexity index is 1780. The molecule has 0 amide bonds. The number of hydrogen-bond acceptors (Lipinski definition) is 6. The second-order valence-corrected chi connectivity index (χ2v) is 10.1. The van der Waals surface area contributed by atoms with Gasteiger partial charge in [0.15, 0.2) is 0 Å². The van der Waals surface area contributed by atoms with E-state index in [1.807, 2.05) is 66.7 Å². The zero-order valence-corrected chi connectivity index (χ0v) is 24.2. The summed E-state index contributed by atoms with van der Waals surface area (Å²) in [5.41, 5.74) is 4.95. The maximum absolute atomic E-state index is 11.7. The lowest BCUT2D eigenvalue weighted by atomic mass is 9.86. The number of hydrogen-bond donors (Lipinski definition) is 0. The van der Waals surface area contributed by atoms with Crippen molar-refractivity contribution in [2.45, 2.75) is 13.8 Å². The van der Waals surface area contributed by atoms with Gasteiger partial charge in [0.1, 0.15) is 24.7 Å². The van der Waals surface area contributed by atoms with E-state index in [1.165, 1.54) is 0 Å². The first-order chi connectivity index (χ1) is 20.8. The van der Waals surface area contributed by atoms with Crippen LogP contribution < -0.4 is 9.47 Å². The van der Waals surface area contributed by atoms with Crippen LogP contribution in [0.1, 0.15) is 13.8 Å².